The van der Waals surface area contributed by atoms with Crippen molar-refractivity contribution < 1.29 is 22.8 Å². The van der Waals surface area contributed by atoms with Crippen LogP contribution in [0.2, 0.25) is 0 Å². The standard InChI is InChI=1S/C12H19F3N2O2S/c1-3-11(4-2)10(19)17(6-5-9(18)16-11)7-8-20-12(13,14)15/h3-8H2,1-2H3,(H,16,18). The first-order chi connectivity index (χ1) is 9.24. The van der Waals surface area contributed by atoms with E-state index in [1.807, 2.05) is 0 Å². The highest BCUT2D eigenvalue weighted by Crippen LogP contribution is 2.30. The molecule has 0 aliphatic carbocycles. The van der Waals surface area contributed by atoms with E-state index in [0.29, 0.717) is 12.8 Å². The van der Waals surface area contributed by atoms with Gasteiger partial charge in [-0.05, 0) is 24.6 Å². The lowest BCUT2D eigenvalue weighted by Gasteiger charge is -2.33. The summed E-state index contributed by atoms with van der Waals surface area (Å²) in [5, 5.41) is 2.72. The van der Waals surface area contributed by atoms with Crippen molar-refractivity contribution in [2.75, 3.05) is 18.8 Å². The summed E-state index contributed by atoms with van der Waals surface area (Å²) in [4.78, 5) is 25.5. The molecule has 0 unspecified atom stereocenters. The van der Waals surface area contributed by atoms with Gasteiger partial charge in [-0.2, -0.15) is 13.2 Å². The molecule has 4 nitrogen and oxygen atoms in total. The molecule has 116 valence electrons. The lowest BCUT2D eigenvalue weighted by Crippen LogP contribution is -2.56. The minimum absolute atomic E-state index is 0.000278. The number of nitrogens with one attached hydrogen (secondary N) is 1. The van der Waals surface area contributed by atoms with Crippen molar-refractivity contribution >= 4 is 23.6 Å². The third kappa shape index (κ3) is 4.29. The van der Waals surface area contributed by atoms with Crippen LogP contribution in [-0.2, 0) is 9.59 Å². The van der Waals surface area contributed by atoms with Crippen LogP contribution in [0, 0.1) is 0 Å². The molecular weight excluding hydrogens is 293 g/mol. The Morgan fingerprint density at radius 3 is 2.40 bits per heavy atom. The summed E-state index contributed by atoms with van der Waals surface area (Å²) in [5.41, 5.74) is -5.27. The lowest BCUT2D eigenvalue weighted by atomic mass is 9.91. The van der Waals surface area contributed by atoms with Gasteiger partial charge < -0.3 is 10.2 Å². The fraction of sp³-hybridized carbons (Fsp3) is 0.833. The summed E-state index contributed by atoms with van der Waals surface area (Å²) in [7, 11) is 0. The highest BCUT2D eigenvalue weighted by molar-refractivity contribution is 8.00. The van der Waals surface area contributed by atoms with Crippen LogP contribution in [0.5, 0.6) is 0 Å². The zero-order valence-electron chi connectivity index (χ0n) is 11.5. The number of carbonyl (C=O) groups is 2. The highest BCUT2D eigenvalue weighted by atomic mass is 32.2. The van der Waals surface area contributed by atoms with Crippen LogP contribution in [-0.4, -0.2) is 46.6 Å². The molecule has 0 bridgehead atoms. The van der Waals surface area contributed by atoms with Gasteiger partial charge in [0.1, 0.15) is 5.54 Å². The summed E-state index contributed by atoms with van der Waals surface area (Å²) in [6, 6.07) is 0. The molecule has 1 saturated heterocycles. The SMILES string of the molecule is CCC1(CC)NC(=O)CCN(CCSC(F)(F)F)C1=O. The highest BCUT2D eigenvalue weighted by Gasteiger charge is 2.41. The normalized spacial score (nSPS) is 19.8. The summed E-state index contributed by atoms with van der Waals surface area (Å²) >= 11 is -0.147. The molecule has 8 heteroatoms. The second-order valence-corrected chi connectivity index (χ2v) is 5.83. The third-order valence-electron chi connectivity index (χ3n) is 3.52. The fourth-order valence-corrected chi connectivity index (χ4v) is 2.78. The van der Waals surface area contributed by atoms with E-state index in [0.717, 1.165) is 0 Å². The molecular formula is C12H19F3N2O2S. The van der Waals surface area contributed by atoms with E-state index in [2.05, 4.69) is 5.32 Å². The van der Waals surface area contributed by atoms with Gasteiger partial charge in [0.15, 0.2) is 0 Å². The van der Waals surface area contributed by atoms with Crippen molar-refractivity contribution in [1.82, 2.24) is 10.2 Å². The lowest BCUT2D eigenvalue weighted by molar-refractivity contribution is -0.139. The number of hydrogen-bond acceptors (Lipinski definition) is 3. The number of rotatable bonds is 5. The number of thioether (sulfide) groups is 1. The zero-order valence-corrected chi connectivity index (χ0v) is 12.4. The number of nitrogens with zero attached hydrogens (tertiary/aromatic N) is 1. The van der Waals surface area contributed by atoms with Crippen LogP contribution in [0.25, 0.3) is 0 Å². The van der Waals surface area contributed by atoms with Gasteiger partial charge in [0.05, 0.1) is 0 Å². The Bertz CT molecular complexity index is 370. The first-order valence-corrected chi connectivity index (χ1v) is 7.53. The van der Waals surface area contributed by atoms with Gasteiger partial charge in [0, 0.05) is 25.3 Å². The van der Waals surface area contributed by atoms with Gasteiger partial charge in [0.2, 0.25) is 11.8 Å². The molecule has 0 aromatic rings. The Labute approximate surface area is 120 Å². The maximum absolute atomic E-state index is 12.5. The van der Waals surface area contributed by atoms with E-state index in [-0.39, 0.29) is 48.8 Å². The molecule has 2 amide bonds. The second kappa shape index (κ2) is 6.69. The molecule has 0 radical (unpaired) electrons. The monoisotopic (exact) mass is 312 g/mol. The minimum Gasteiger partial charge on any atom is -0.342 e. The molecule has 1 rings (SSSR count). The van der Waals surface area contributed by atoms with Crippen LogP contribution in [0.4, 0.5) is 13.2 Å². The first-order valence-electron chi connectivity index (χ1n) is 6.55. The Hall–Kier alpha value is -0.920. The Morgan fingerprint density at radius 2 is 1.90 bits per heavy atom. The maximum Gasteiger partial charge on any atom is 0.441 e. The van der Waals surface area contributed by atoms with E-state index in [4.69, 9.17) is 0 Å². The Balaban J connectivity index is 2.75. The zero-order chi connectivity index (χ0) is 15.4. The van der Waals surface area contributed by atoms with Crippen molar-refractivity contribution in [2.24, 2.45) is 0 Å². The Morgan fingerprint density at radius 1 is 1.30 bits per heavy atom. The number of hydrogen-bond donors (Lipinski definition) is 1. The van der Waals surface area contributed by atoms with E-state index < -0.39 is 11.0 Å². The summed E-state index contributed by atoms with van der Waals surface area (Å²) in [6.45, 7) is 3.75. The van der Waals surface area contributed by atoms with Crippen molar-refractivity contribution in [1.29, 1.82) is 0 Å². The summed E-state index contributed by atoms with van der Waals surface area (Å²) in [5.74, 6) is -0.725. The average molecular weight is 312 g/mol. The number of halogens is 3. The molecule has 1 aliphatic rings. The van der Waals surface area contributed by atoms with Crippen LogP contribution < -0.4 is 5.32 Å². The first kappa shape index (κ1) is 17.1. The molecule has 1 fully saturated rings. The van der Waals surface area contributed by atoms with E-state index in [1.165, 1.54) is 4.90 Å². The van der Waals surface area contributed by atoms with Crippen molar-refractivity contribution in [3.63, 3.8) is 0 Å². The molecule has 0 aromatic heterocycles. The molecule has 0 atom stereocenters. The fourth-order valence-electron chi connectivity index (χ4n) is 2.24. The minimum atomic E-state index is -4.30. The molecule has 1 heterocycles. The molecule has 20 heavy (non-hydrogen) atoms. The van der Waals surface area contributed by atoms with E-state index >= 15 is 0 Å². The molecule has 1 N–H and O–H groups in total. The van der Waals surface area contributed by atoms with Crippen molar-refractivity contribution in [3.8, 4) is 0 Å². The van der Waals surface area contributed by atoms with E-state index in [9.17, 15) is 22.8 Å². The number of amides is 2. The van der Waals surface area contributed by atoms with E-state index in [1.54, 1.807) is 13.8 Å². The van der Waals surface area contributed by atoms with Gasteiger partial charge in [-0.1, -0.05) is 13.8 Å². The predicted octanol–water partition coefficient (Wildman–Crippen LogP) is 2.15. The Kier molecular flexibility index (Phi) is 5.73. The summed E-state index contributed by atoms with van der Waals surface area (Å²) in [6.07, 6.45) is 0.984. The van der Waals surface area contributed by atoms with Gasteiger partial charge in [0.25, 0.3) is 0 Å². The van der Waals surface area contributed by atoms with Gasteiger partial charge in [-0.25, -0.2) is 0 Å². The molecule has 0 saturated carbocycles. The predicted molar refractivity (Wildman–Crippen MR) is 71.2 cm³/mol. The molecule has 0 aromatic carbocycles. The van der Waals surface area contributed by atoms with Crippen molar-refractivity contribution in [2.45, 2.75) is 44.2 Å². The van der Waals surface area contributed by atoms with Gasteiger partial charge in [-0.3, -0.25) is 9.59 Å². The summed E-state index contributed by atoms with van der Waals surface area (Å²) < 4.78 is 36.4. The molecule has 1 aliphatic heterocycles. The van der Waals surface area contributed by atoms with Gasteiger partial charge in [-0.15, -0.1) is 0 Å². The number of alkyl halides is 3. The van der Waals surface area contributed by atoms with Crippen molar-refractivity contribution in [3.05, 3.63) is 0 Å². The number of carbonyl (C=O) groups excluding carboxylic acids is 2. The quantitative estimate of drug-likeness (QED) is 0.846. The van der Waals surface area contributed by atoms with Crippen LogP contribution in [0.1, 0.15) is 33.1 Å². The van der Waals surface area contributed by atoms with Crippen LogP contribution in [0.3, 0.4) is 0 Å². The smallest absolute Gasteiger partial charge is 0.342 e. The molecule has 0 spiro atoms. The van der Waals surface area contributed by atoms with Gasteiger partial charge >= 0.3 is 5.51 Å². The largest absolute Gasteiger partial charge is 0.441 e. The van der Waals surface area contributed by atoms with Crippen LogP contribution in [0.15, 0.2) is 0 Å². The third-order valence-corrected chi connectivity index (χ3v) is 4.23. The maximum atomic E-state index is 12.5. The van der Waals surface area contributed by atoms with Crippen LogP contribution >= 0.6 is 11.8 Å². The average Bonchev–Trinajstić information content (AvgIpc) is 2.48. The second-order valence-electron chi connectivity index (χ2n) is 4.67. The topological polar surface area (TPSA) is 49.4 Å².